The summed E-state index contributed by atoms with van der Waals surface area (Å²) in [5, 5.41) is 0. The van der Waals surface area contributed by atoms with Gasteiger partial charge in [-0.05, 0) is 25.1 Å². The van der Waals surface area contributed by atoms with Crippen LogP contribution in [-0.4, -0.2) is 36.0 Å². The normalized spacial score (nSPS) is 22.1. The van der Waals surface area contributed by atoms with E-state index in [1.807, 2.05) is 24.3 Å². The van der Waals surface area contributed by atoms with E-state index in [1.54, 1.807) is 0 Å². The van der Waals surface area contributed by atoms with Gasteiger partial charge in [0.2, 0.25) is 0 Å². The van der Waals surface area contributed by atoms with Gasteiger partial charge in [0.1, 0.15) is 5.82 Å². The Kier molecular flexibility index (Phi) is 3.06. The average molecular weight is 279 g/mol. The van der Waals surface area contributed by atoms with Gasteiger partial charge in [-0.25, -0.2) is 13.4 Å². The minimum Gasteiger partial charge on any atom is -0.330 e. The van der Waals surface area contributed by atoms with Gasteiger partial charge in [0.25, 0.3) is 0 Å². The largest absolute Gasteiger partial charge is 0.330 e. The zero-order valence-electron chi connectivity index (χ0n) is 10.6. The van der Waals surface area contributed by atoms with E-state index in [0.717, 1.165) is 16.9 Å². The minimum atomic E-state index is -2.90. The van der Waals surface area contributed by atoms with Crippen molar-refractivity contribution in [2.24, 2.45) is 5.73 Å². The highest BCUT2D eigenvalue weighted by molar-refractivity contribution is 7.91. The number of sulfone groups is 1. The Morgan fingerprint density at radius 2 is 2.16 bits per heavy atom. The summed E-state index contributed by atoms with van der Waals surface area (Å²) in [5.41, 5.74) is 7.55. The van der Waals surface area contributed by atoms with Crippen LogP contribution < -0.4 is 5.73 Å². The second-order valence-corrected chi connectivity index (χ2v) is 7.21. The van der Waals surface area contributed by atoms with E-state index in [1.165, 1.54) is 0 Å². The van der Waals surface area contributed by atoms with Crippen molar-refractivity contribution in [3.8, 4) is 0 Å². The summed E-state index contributed by atoms with van der Waals surface area (Å²) in [5.74, 6) is 1.38. The van der Waals surface area contributed by atoms with Crippen molar-refractivity contribution in [3.63, 3.8) is 0 Å². The van der Waals surface area contributed by atoms with Crippen LogP contribution in [0.3, 0.4) is 0 Å². The molecule has 0 radical (unpaired) electrons. The lowest BCUT2D eigenvalue weighted by Crippen LogP contribution is -2.16. The fourth-order valence-electron chi connectivity index (χ4n) is 2.79. The minimum absolute atomic E-state index is 0.000972. The maximum atomic E-state index is 11.7. The Bertz CT molecular complexity index is 706. The van der Waals surface area contributed by atoms with Crippen LogP contribution >= 0.6 is 0 Å². The van der Waals surface area contributed by atoms with E-state index in [4.69, 9.17) is 5.73 Å². The number of imidazole rings is 1. The number of rotatable bonds is 3. The number of nitrogens with zero attached hydrogens (tertiary/aromatic N) is 2. The molecule has 1 fully saturated rings. The maximum absolute atomic E-state index is 11.7. The molecule has 6 heteroatoms. The molecule has 1 saturated heterocycles. The van der Waals surface area contributed by atoms with Crippen LogP contribution in [0.15, 0.2) is 24.3 Å². The average Bonchev–Trinajstić information content (AvgIpc) is 2.89. The first-order chi connectivity index (χ1) is 9.11. The number of fused-ring (bicyclic) bond motifs is 1. The van der Waals surface area contributed by atoms with Crippen LogP contribution in [0.4, 0.5) is 0 Å². The van der Waals surface area contributed by atoms with Crippen molar-refractivity contribution in [1.82, 2.24) is 9.55 Å². The fourth-order valence-corrected chi connectivity index (χ4v) is 4.49. The maximum Gasteiger partial charge on any atom is 0.152 e. The van der Waals surface area contributed by atoms with Crippen LogP contribution in [0.1, 0.15) is 18.3 Å². The van der Waals surface area contributed by atoms with Crippen molar-refractivity contribution in [2.45, 2.75) is 18.9 Å². The molecule has 0 bridgehead atoms. The summed E-state index contributed by atoms with van der Waals surface area (Å²) in [6.45, 7) is 0.517. The van der Waals surface area contributed by atoms with E-state index in [-0.39, 0.29) is 17.5 Å². The lowest BCUT2D eigenvalue weighted by Gasteiger charge is -2.15. The Balaban J connectivity index is 2.12. The SMILES string of the molecule is NCCc1nc2ccccc2n1C1CCS(=O)(=O)C1. The van der Waals surface area contributed by atoms with Crippen molar-refractivity contribution >= 4 is 20.9 Å². The van der Waals surface area contributed by atoms with Gasteiger partial charge in [-0.3, -0.25) is 0 Å². The van der Waals surface area contributed by atoms with Crippen molar-refractivity contribution in [1.29, 1.82) is 0 Å². The second kappa shape index (κ2) is 4.61. The highest BCUT2D eigenvalue weighted by atomic mass is 32.2. The molecule has 1 atom stereocenters. The van der Waals surface area contributed by atoms with Crippen LogP contribution in [0, 0.1) is 0 Å². The molecule has 0 spiro atoms. The van der Waals surface area contributed by atoms with E-state index >= 15 is 0 Å². The molecule has 1 aliphatic heterocycles. The Hall–Kier alpha value is -1.40. The topological polar surface area (TPSA) is 78.0 Å². The first-order valence-electron chi connectivity index (χ1n) is 6.47. The third-order valence-electron chi connectivity index (χ3n) is 3.61. The first-order valence-corrected chi connectivity index (χ1v) is 8.29. The lowest BCUT2D eigenvalue weighted by molar-refractivity contribution is 0.545. The smallest absolute Gasteiger partial charge is 0.152 e. The predicted molar refractivity (Wildman–Crippen MR) is 74.8 cm³/mol. The molecule has 1 aromatic heterocycles. The van der Waals surface area contributed by atoms with Crippen LogP contribution in [0.25, 0.3) is 11.0 Å². The molecule has 1 unspecified atom stereocenters. The lowest BCUT2D eigenvalue weighted by atomic mass is 10.2. The van der Waals surface area contributed by atoms with E-state index < -0.39 is 9.84 Å². The summed E-state index contributed by atoms with van der Waals surface area (Å²) in [4.78, 5) is 4.58. The molecule has 2 N–H and O–H groups in total. The third kappa shape index (κ3) is 2.26. The molecule has 1 aliphatic rings. The molecule has 1 aromatic carbocycles. The fraction of sp³-hybridized carbons (Fsp3) is 0.462. The summed E-state index contributed by atoms with van der Waals surface area (Å²) < 4.78 is 25.4. The number of benzene rings is 1. The molecule has 5 nitrogen and oxygen atoms in total. The zero-order chi connectivity index (χ0) is 13.5. The van der Waals surface area contributed by atoms with Gasteiger partial charge in [0, 0.05) is 6.42 Å². The zero-order valence-corrected chi connectivity index (χ0v) is 11.4. The molecule has 0 saturated carbocycles. The summed E-state index contributed by atoms with van der Waals surface area (Å²) in [6.07, 6.45) is 1.34. The number of aromatic nitrogens is 2. The standard InChI is InChI=1S/C13H17N3O2S/c14-7-5-13-15-11-3-1-2-4-12(11)16(13)10-6-8-19(17,18)9-10/h1-4,10H,5-9,14H2. The van der Waals surface area contributed by atoms with E-state index in [2.05, 4.69) is 9.55 Å². The molecule has 2 aromatic rings. The first kappa shape index (κ1) is 12.6. The Morgan fingerprint density at radius 1 is 1.37 bits per heavy atom. The Labute approximate surface area is 112 Å². The molecule has 3 rings (SSSR count). The quantitative estimate of drug-likeness (QED) is 0.905. The molecular formula is C13H17N3O2S. The molecule has 0 aliphatic carbocycles. The number of nitrogens with two attached hydrogens (primary N) is 1. The molecule has 0 amide bonds. The van der Waals surface area contributed by atoms with Crippen molar-refractivity contribution < 1.29 is 8.42 Å². The third-order valence-corrected chi connectivity index (χ3v) is 5.36. The van der Waals surface area contributed by atoms with Gasteiger partial charge in [-0.15, -0.1) is 0 Å². The molecule has 102 valence electrons. The number of hydrogen-bond donors (Lipinski definition) is 1. The Morgan fingerprint density at radius 3 is 2.84 bits per heavy atom. The molecular weight excluding hydrogens is 262 g/mol. The van der Waals surface area contributed by atoms with Gasteiger partial charge in [0.15, 0.2) is 9.84 Å². The van der Waals surface area contributed by atoms with Gasteiger partial charge in [0.05, 0.1) is 28.6 Å². The highest BCUT2D eigenvalue weighted by Gasteiger charge is 2.31. The molecule has 19 heavy (non-hydrogen) atoms. The summed E-state index contributed by atoms with van der Waals surface area (Å²) >= 11 is 0. The van der Waals surface area contributed by atoms with Gasteiger partial charge < -0.3 is 10.3 Å². The summed E-state index contributed by atoms with van der Waals surface area (Å²) in [6, 6.07) is 7.84. The monoisotopic (exact) mass is 279 g/mol. The highest BCUT2D eigenvalue weighted by Crippen LogP contribution is 2.29. The van der Waals surface area contributed by atoms with Crippen molar-refractivity contribution in [2.75, 3.05) is 18.1 Å². The van der Waals surface area contributed by atoms with E-state index in [0.29, 0.717) is 19.4 Å². The van der Waals surface area contributed by atoms with Crippen molar-refractivity contribution in [3.05, 3.63) is 30.1 Å². The number of hydrogen-bond acceptors (Lipinski definition) is 4. The summed E-state index contributed by atoms with van der Waals surface area (Å²) in [7, 11) is -2.90. The molecule has 2 heterocycles. The van der Waals surface area contributed by atoms with E-state index in [9.17, 15) is 8.42 Å². The van der Waals surface area contributed by atoms with Gasteiger partial charge >= 0.3 is 0 Å². The predicted octanol–water partition coefficient (Wildman–Crippen LogP) is 0.897. The van der Waals surface area contributed by atoms with Crippen LogP contribution in [0.2, 0.25) is 0 Å². The van der Waals surface area contributed by atoms with Crippen LogP contribution in [0.5, 0.6) is 0 Å². The van der Waals surface area contributed by atoms with Crippen LogP contribution in [-0.2, 0) is 16.3 Å². The van der Waals surface area contributed by atoms with Gasteiger partial charge in [-0.2, -0.15) is 0 Å². The second-order valence-electron chi connectivity index (χ2n) is 4.98. The number of para-hydroxylation sites is 2. The van der Waals surface area contributed by atoms with Gasteiger partial charge in [-0.1, -0.05) is 12.1 Å².